The lowest BCUT2D eigenvalue weighted by Crippen LogP contribution is -2.21. The standard InChI is InChI=1S/C29H34ClN3O5/c1-29(2,3)22-9-6-19(7-10-22)17-31-12-13-38-27-25(36-4)14-20(15-26(27)37-5)18-32-33-28(35)21-8-11-24(34)23(30)16-21/h6-11,14-16,18,31,34H,12-13,17H2,1-5H3,(H,33,35)/b32-18+. The normalized spacial score (nSPS) is 11.4. The van der Waals surface area contributed by atoms with Gasteiger partial charge >= 0.3 is 0 Å². The fourth-order valence-corrected chi connectivity index (χ4v) is 3.76. The number of benzene rings is 3. The Balaban J connectivity index is 1.56. The number of phenols is 1. The Morgan fingerprint density at radius 3 is 2.26 bits per heavy atom. The van der Waals surface area contributed by atoms with Crippen molar-refractivity contribution in [2.45, 2.75) is 32.7 Å². The number of aromatic hydroxyl groups is 1. The van der Waals surface area contributed by atoms with Gasteiger partial charge in [-0.3, -0.25) is 4.79 Å². The summed E-state index contributed by atoms with van der Waals surface area (Å²) in [5.74, 6) is 0.848. The van der Waals surface area contributed by atoms with Gasteiger partial charge in [0.15, 0.2) is 11.5 Å². The van der Waals surface area contributed by atoms with Crippen molar-refractivity contribution in [3.8, 4) is 23.0 Å². The highest BCUT2D eigenvalue weighted by atomic mass is 35.5. The quantitative estimate of drug-likeness (QED) is 0.174. The van der Waals surface area contributed by atoms with Gasteiger partial charge in [-0.2, -0.15) is 5.10 Å². The Labute approximate surface area is 228 Å². The fourth-order valence-electron chi connectivity index (χ4n) is 3.58. The highest BCUT2D eigenvalue weighted by Crippen LogP contribution is 2.38. The van der Waals surface area contributed by atoms with Crippen LogP contribution in [0.4, 0.5) is 0 Å². The van der Waals surface area contributed by atoms with E-state index >= 15 is 0 Å². The summed E-state index contributed by atoms with van der Waals surface area (Å²) in [5.41, 5.74) is 5.97. The molecule has 1 amide bonds. The number of rotatable bonds is 11. The van der Waals surface area contributed by atoms with Gasteiger partial charge in [0.25, 0.3) is 5.91 Å². The summed E-state index contributed by atoms with van der Waals surface area (Å²) in [4.78, 5) is 12.3. The Morgan fingerprint density at radius 1 is 1.03 bits per heavy atom. The van der Waals surface area contributed by atoms with Gasteiger partial charge in [-0.1, -0.05) is 56.6 Å². The number of hydrazone groups is 1. The minimum Gasteiger partial charge on any atom is -0.506 e. The van der Waals surface area contributed by atoms with Crippen LogP contribution in [0.25, 0.3) is 0 Å². The minimum absolute atomic E-state index is 0.0802. The van der Waals surface area contributed by atoms with E-state index in [2.05, 4.69) is 60.9 Å². The average molecular weight is 540 g/mol. The van der Waals surface area contributed by atoms with Crippen LogP contribution in [-0.2, 0) is 12.0 Å². The summed E-state index contributed by atoms with van der Waals surface area (Å²) in [5, 5.41) is 17.0. The predicted octanol–water partition coefficient (Wildman–Crippen LogP) is 5.29. The lowest BCUT2D eigenvalue weighted by atomic mass is 9.87. The molecule has 0 radical (unpaired) electrons. The van der Waals surface area contributed by atoms with E-state index in [9.17, 15) is 9.90 Å². The SMILES string of the molecule is COc1cc(/C=N/NC(=O)c2ccc(O)c(Cl)c2)cc(OC)c1OCCNCc1ccc(C(C)(C)C)cc1. The summed E-state index contributed by atoms with van der Waals surface area (Å²) in [6, 6.07) is 16.2. The lowest BCUT2D eigenvalue weighted by Gasteiger charge is -2.19. The largest absolute Gasteiger partial charge is 0.506 e. The van der Waals surface area contributed by atoms with Crippen molar-refractivity contribution < 1.29 is 24.1 Å². The zero-order valence-corrected chi connectivity index (χ0v) is 23.1. The van der Waals surface area contributed by atoms with Crippen molar-refractivity contribution in [1.29, 1.82) is 0 Å². The van der Waals surface area contributed by atoms with E-state index < -0.39 is 5.91 Å². The van der Waals surface area contributed by atoms with Crippen LogP contribution < -0.4 is 25.0 Å². The molecular weight excluding hydrogens is 506 g/mol. The smallest absolute Gasteiger partial charge is 0.271 e. The molecule has 3 aromatic carbocycles. The number of hydrogen-bond donors (Lipinski definition) is 3. The molecule has 0 atom stereocenters. The summed E-state index contributed by atoms with van der Waals surface area (Å²) < 4.78 is 17.0. The maximum Gasteiger partial charge on any atom is 0.271 e. The van der Waals surface area contributed by atoms with Crippen molar-refractivity contribution >= 4 is 23.7 Å². The molecule has 0 heterocycles. The van der Waals surface area contributed by atoms with E-state index in [1.165, 1.54) is 35.5 Å². The van der Waals surface area contributed by atoms with E-state index in [1.807, 2.05) is 0 Å². The molecule has 38 heavy (non-hydrogen) atoms. The molecule has 9 heteroatoms. The number of hydrogen-bond acceptors (Lipinski definition) is 7. The molecule has 3 rings (SSSR count). The second-order valence-electron chi connectivity index (χ2n) is 9.59. The third kappa shape index (κ3) is 7.87. The zero-order valence-electron chi connectivity index (χ0n) is 22.3. The average Bonchev–Trinajstić information content (AvgIpc) is 2.89. The number of carbonyl (C=O) groups is 1. The number of halogens is 1. The van der Waals surface area contributed by atoms with Crippen LogP contribution in [0.15, 0.2) is 59.7 Å². The van der Waals surface area contributed by atoms with E-state index in [4.69, 9.17) is 25.8 Å². The van der Waals surface area contributed by atoms with Gasteiger partial charge in [0, 0.05) is 24.2 Å². The van der Waals surface area contributed by atoms with Crippen LogP contribution in [0.2, 0.25) is 5.02 Å². The van der Waals surface area contributed by atoms with Gasteiger partial charge in [-0.05, 0) is 46.9 Å². The van der Waals surface area contributed by atoms with Crippen LogP contribution in [-0.4, -0.2) is 44.6 Å². The molecule has 0 aliphatic carbocycles. The summed E-state index contributed by atoms with van der Waals surface area (Å²) in [6.07, 6.45) is 1.46. The molecule has 0 saturated carbocycles. The highest BCUT2D eigenvalue weighted by Gasteiger charge is 2.15. The van der Waals surface area contributed by atoms with Crippen molar-refractivity contribution in [3.63, 3.8) is 0 Å². The van der Waals surface area contributed by atoms with E-state index in [0.717, 1.165) is 6.54 Å². The molecule has 0 aliphatic heterocycles. The van der Waals surface area contributed by atoms with E-state index in [0.29, 0.717) is 36.0 Å². The molecule has 8 nitrogen and oxygen atoms in total. The number of ether oxygens (including phenoxy) is 3. The van der Waals surface area contributed by atoms with E-state index in [-0.39, 0.29) is 21.8 Å². The molecule has 3 N–H and O–H groups in total. The topological polar surface area (TPSA) is 101 Å². The van der Waals surface area contributed by atoms with Crippen LogP contribution >= 0.6 is 11.6 Å². The van der Waals surface area contributed by atoms with Gasteiger partial charge in [0.2, 0.25) is 5.75 Å². The third-order valence-corrected chi connectivity index (χ3v) is 6.05. The second-order valence-corrected chi connectivity index (χ2v) is 10.00. The molecule has 0 spiro atoms. The van der Waals surface area contributed by atoms with E-state index in [1.54, 1.807) is 26.4 Å². The van der Waals surface area contributed by atoms with Crippen LogP contribution in [0.3, 0.4) is 0 Å². The molecule has 3 aromatic rings. The Hall–Kier alpha value is -3.75. The first-order chi connectivity index (χ1) is 18.1. The van der Waals surface area contributed by atoms with Crippen molar-refractivity contribution in [2.24, 2.45) is 5.10 Å². The van der Waals surface area contributed by atoms with Crippen molar-refractivity contribution in [3.05, 3.63) is 81.9 Å². The van der Waals surface area contributed by atoms with Crippen LogP contribution in [0.1, 0.15) is 47.8 Å². The molecule has 0 bridgehead atoms. The Morgan fingerprint density at radius 2 is 1.68 bits per heavy atom. The number of carbonyl (C=O) groups excluding carboxylic acids is 1. The lowest BCUT2D eigenvalue weighted by molar-refractivity contribution is 0.0955. The van der Waals surface area contributed by atoms with Gasteiger partial charge in [-0.15, -0.1) is 0 Å². The summed E-state index contributed by atoms with van der Waals surface area (Å²) >= 11 is 5.86. The summed E-state index contributed by atoms with van der Waals surface area (Å²) in [6.45, 7) is 8.38. The number of amides is 1. The van der Waals surface area contributed by atoms with Gasteiger partial charge < -0.3 is 24.6 Å². The van der Waals surface area contributed by atoms with Crippen molar-refractivity contribution in [2.75, 3.05) is 27.4 Å². The molecule has 0 aliphatic rings. The first-order valence-corrected chi connectivity index (χ1v) is 12.5. The first kappa shape index (κ1) is 28.8. The maximum atomic E-state index is 12.3. The van der Waals surface area contributed by atoms with Gasteiger partial charge in [0.1, 0.15) is 12.4 Å². The Bertz CT molecular complexity index is 1250. The molecule has 0 saturated heterocycles. The molecule has 202 valence electrons. The zero-order chi connectivity index (χ0) is 27.7. The number of phenolic OH excluding ortho intramolecular Hbond substituents is 1. The summed E-state index contributed by atoms with van der Waals surface area (Å²) in [7, 11) is 3.08. The molecular formula is C29H34ClN3O5. The predicted molar refractivity (Wildman–Crippen MR) is 150 cm³/mol. The molecule has 0 aromatic heterocycles. The number of methoxy groups -OCH3 is 2. The van der Waals surface area contributed by atoms with Crippen molar-refractivity contribution in [1.82, 2.24) is 10.7 Å². The number of nitrogens with one attached hydrogen (secondary N) is 2. The van der Waals surface area contributed by atoms with Crippen LogP contribution in [0, 0.1) is 0 Å². The maximum absolute atomic E-state index is 12.3. The first-order valence-electron chi connectivity index (χ1n) is 12.1. The fraction of sp³-hybridized carbons (Fsp3) is 0.310. The Kier molecular flexibility index (Phi) is 9.98. The van der Waals surface area contributed by atoms with Gasteiger partial charge in [-0.25, -0.2) is 5.43 Å². The number of nitrogens with zero attached hydrogens (tertiary/aromatic N) is 1. The minimum atomic E-state index is -0.473. The monoisotopic (exact) mass is 539 g/mol. The third-order valence-electron chi connectivity index (χ3n) is 5.75. The molecule has 0 unspecified atom stereocenters. The van der Waals surface area contributed by atoms with Crippen LogP contribution in [0.5, 0.6) is 23.0 Å². The molecule has 0 fully saturated rings. The highest BCUT2D eigenvalue weighted by molar-refractivity contribution is 6.32. The second kappa shape index (κ2) is 13.2. The van der Waals surface area contributed by atoms with Gasteiger partial charge in [0.05, 0.1) is 25.5 Å².